The number of hydrogen-bond donors (Lipinski definition) is 1. The Morgan fingerprint density at radius 2 is 1.86 bits per heavy atom. The van der Waals surface area contributed by atoms with Crippen molar-refractivity contribution in [3.63, 3.8) is 0 Å². The maximum atomic E-state index is 12.2. The number of carbonyl (C=O) groups excluding carboxylic acids is 1. The second-order valence-corrected chi connectivity index (χ2v) is 7.32. The molecule has 0 bridgehead atoms. The van der Waals surface area contributed by atoms with Gasteiger partial charge in [0.05, 0.1) is 11.5 Å². The molecule has 3 rings (SSSR count). The van der Waals surface area contributed by atoms with Crippen molar-refractivity contribution in [2.24, 2.45) is 5.10 Å². The monoisotopic (exact) mass is 413 g/mol. The van der Waals surface area contributed by atoms with Crippen LogP contribution in [0.1, 0.15) is 19.4 Å². The standard InChI is InChI=1S/C20H20ClN5OS/c1-3-26-19(16-7-5-4-6-8-16)24-25-20(26)28-13-18(27)23-22-14(2)15-9-11-17(21)12-10-15/h4-12H,3,13H2,1-2H3,(H,23,27)/b22-14+. The van der Waals surface area contributed by atoms with Crippen molar-refractivity contribution in [2.45, 2.75) is 25.5 Å². The zero-order chi connectivity index (χ0) is 19.9. The van der Waals surface area contributed by atoms with Crippen LogP contribution in [0.15, 0.2) is 64.9 Å². The molecule has 0 aliphatic carbocycles. The van der Waals surface area contributed by atoms with E-state index in [-0.39, 0.29) is 11.7 Å². The van der Waals surface area contributed by atoms with E-state index in [1.165, 1.54) is 11.8 Å². The molecule has 6 nitrogen and oxygen atoms in total. The molecule has 0 fully saturated rings. The number of benzene rings is 2. The first kappa shape index (κ1) is 20.1. The Balaban J connectivity index is 1.61. The van der Waals surface area contributed by atoms with Crippen LogP contribution in [0.4, 0.5) is 0 Å². The summed E-state index contributed by atoms with van der Waals surface area (Å²) in [5, 5.41) is 14.0. The molecule has 0 atom stereocenters. The highest BCUT2D eigenvalue weighted by atomic mass is 35.5. The summed E-state index contributed by atoms with van der Waals surface area (Å²) in [5.74, 6) is 0.789. The van der Waals surface area contributed by atoms with Gasteiger partial charge in [0.25, 0.3) is 5.91 Å². The highest BCUT2D eigenvalue weighted by Crippen LogP contribution is 2.23. The van der Waals surface area contributed by atoms with Crippen LogP contribution < -0.4 is 5.43 Å². The third-order valence-electron chi connectivity index (χ3n) is 4.01. The molecule has 28 heavy (non-hydrogen) atoms. The van der Waals surface area contributed by atoms with E-state index in [4.69, 9.17) is 11.6 Å². The molecule has 1 amide bonds. The van der Waals surface area contributed by atoms with E-state index in [0.29, 0.717) is 15.9 Å². The summed E-state index contributed by atoms with van der Waals surface area (Å²) in [4.78, 5) is 12.2. The lowest BCUT2D eigenvalue weighted by Gasteiger charge is -2.07. The molecule has 0 saturated heterocycles. The molecule has 0 spiro atoms. The van der Waals surface area contributed by atoms with Gasteiger partial charge in [-0.2, -0.15) is 5.10 Å². The summed E-state index contributed by atoms with van der Waals surface area (Å²) >= 11 is 7.22. The summed E-state index contributed by atoms with van der Waals surface area (Å²) in [6.07, 6.45) is 0. The first-order chi connectivity index (χ1) is 13.6. The molecule has 144 valence electrons. The number of carbonyl (C=O) groups is 1. The Morgan fingerprint density at radius 1 is 1.14 bits per heavy atom. The lowest BCUT2D eigenvalue weighted by Crippen LogP contribution is -2.21. The van der Waals surface area contributed by atoms with Crippen LogP contribution in [0.3, 0.4) is 0 Å². The van der Waals surface area contributed by atoms with Gasteiger partial charge in [0, 0.05) is 17.1 Å². The minimum atomic E-state index is -0.203. The lowest BCUT2D eigenvalue weighted by molar-refractivity contribution is -0.118. The average Bonchev–Trinajstić information content (AvgIpc) is 3.14. The van der Waals surface area contributed by atoms with Crippen molar-refractivity contribution in [3.05, 3.63) is 65.2 Å². The van der Waals surface area contributed by atoms with Gasteiger partial charge in [0.1, 0.15) is 0 Å². The van der Waals surface area contributed by atoms with Crippen molar-refractivity contribution in [3.8, 4) is 11.4 Å². The highest BCUT2D eigenvalue weighted by molar-refractivity contribution is 7.99. The van der Waals surface area contributed by atoms with Gasteiger partial charge in [-0.3, -0.25) is 4.79 Å². The highest BCUT2D eigenvalue weighted by Gasteiger charge is 2.14. The Labute approximate surface area is 173 Å². The number of nitrogens with zero attached hydrogens (tertiary/aromatic N) is 4. The quantitative estimate of drug-likeness (QED) is 0.357. The molecule has 0 aliphatic rings. The third-order valence-corrected chi connectivity index (χ3v) is 5.23. The number of aromatic nitrogens is 3. The van der Waals surface area contributed by atoms with Crippen LogP contribution in [0.2, 0.25) is 5.02 Å². The normalized spacial score (nSPS) is 11.5. The zero-order valence-electron chi connectivity index (χ0n) is 15.6. The van der Waals surface area contributed by atoms with Crippen LogP contribution in [0.5, 0.6) is 0 Å². The number of rotatable bonds is 7. The molecule has 3 aromatic rings. The van der Waals surface area contributed by atoms with Gasteiger partial charge in [-0.1, -0.05) is 65.8 Å². The Kier molecular flexibility index (Phi) is 6.84. The third kappa shape index (κ3) is 4.99. The Bertz CT molecular complexity index is 970. The first-order valence-electron chi connectivity index (χ1n) is 8.79. The van der Waals surface area contributed by atoms with E-state index in [1.807, 2.05) is 60.9 Å². The van der Waals surface area contributed by atoms with Crippen LogP contribution in [0, 0.1) is 0 Å². The van der Waals surface area contributed by atoms with Crippen molar-refractivity contribution >= 4 is 35.0 Å². The topological polar surface area (TPSA) is 72.2 Å². The minimum absolute atomic E-state index is 0.199. The van der Waals surface area contributed by atoms with E-state index in [9.17, 15) is 4.79 Å². The Hall–Kier alpha value is -2.64. The maximum absolute atomic E-state index is 12.2. The second-order valence-electron chi connectivity index (χ2n) is 5.94. The maximum Gasteiger partial charge on any atom is 0.250 e. The molecule has 1 aromatic heterocycles. The van der Waals surface area contributed by atoms with Crippen molar-refractivity contribution in [2.75, 3.05) is 5.75 Å². The van der Waals surface area contributed by atoms with Crippen molar-refractivity contribution < 1.29 is 4.79 Å². The molecule has 8 heteroatoms. The van der Waals surface area contributed by atoms with Crippen molar-refractivity contribution in [1.29, 1.82) is 0 Å². The van der Waals surface area contributed by atoms with Crippen LogP contribution in [-0.4, -0.2) is 32.1 Å². The van der Waals surface area contributed by atoms with E-state index in [1.54, 1.807) is 12.1 Å². The smallest absolute Gasteiger partial charge is 0.250 e. The van der Waals surface area contributed by atoms with Crippen LogP contribution >= 0.6 is 23.4 Å². The van der Waals surface area contributed by atoms with Crippen molar-refractivity contribution in [1.82, 2.24) is 20.2 Å². The van der Waals surface area contributed by atoms with Gasteiger partial charge in [-0.25, -0.2) is 5.43 Å². The largest absolute Gasteiger partial charge is 0.302 e. The molecular weight excluding hydrogens is 394 g/mol. The van der Waals surface area contributed by atoms with E-state index >= 15 is 0 Å². The molecule has 0 aliphatic heterocycles. The summed E-state index contributed by atoms with van der Waals surface area (Å²) in [7, 11) is 0. The summed E-state index contributed by atoms with van der Waals surface area (Å²) in [6.45, 7) is 4.57. The van der Waals surface area contributed by atoms with Crippen LogP contribution in [-0.2, 0) is 11.3 Å². The molecule has 0 radical (unpaired) electrons. The predicted octanol–water partition coefficient (Wildman–Crippen LogP) is 4.25. The van der Waals surface area contributed by atoms with E-state index in [0.717, 1.165) is 23.5 Å². The molecule has 0 saturated carbocycles. The van der Waals surface area contributed by atoms with Crippen LogP contribution in [0.25, 0.3) is 11.4 Å². The Morgan fingerprint density at radius 3 is 2.54 bits per heavy atom. The molecule has 1 N–H and O–H groups in total. The lowest BCUT2D eigenvalue weighted by atomic mass is 10.1. The van der Waals surface area contributed by atoms with Gasteiger partial charge in [-0.15, -0.1) is 10.2 Å². The van der Waals surface area contributed by atoms with E-state index < -0.39 is 0 Å². The summed E-state index contributed by atoms with van der Waals surface area (Å²) < 4.78 is 2.00. The SMILES string of the molecule is CCn1c(SCC(=O)N/N=C(\C)c2ccc(Cl)cc2)nnc1-c1ccccc1. The fourth-order valence-corrected chi connectivity index (χ4v) is 3.47. The predicted molar refractivity (Wildman–Crippen MR) is 114 cm³/mol. The number of nitrogens with one attached hydrogen (secondary N) is 1. The number of thioether (sulfide) groups is 1. The van der Waals surface area contributed by atoms with Gasteiger partial charge >= 0.3 is 0 Å². The minimum Gasteiger partial charge on any atom is -0.302 e. The first-order valence-corrected chi connectivity index (χ1v) is 10.2. The second kappa shape index (κ2) is 9.52. The summed E-state index contributed by atoms with van der Waals surface area (Å²) in [6, 6.07) is 17.2. The number of hydrogen-bond acceptors (Lipinski definition) is 5. The molecule has 2 aromatic carbocycles. The fourth-order valence-electron chi connectivity index (χ4n) is 2.55. The molecular formula is C20H20ClN5OS. The van der Waals surface area contributed by atoms with Gasteiger partial charge < -0.3 is 4.57 Å². The zero-order valence-corrected chi connectivity index (χ0v) is 17.2. The number of halogens is 1. The number of hydrazone groups is 1. The fraction of sp³-hybridized carbons (Fsp3) is 0.200. The van der Waals surface area contributed by atoms with Gasteiger partial charge in [0.2, 0.25) is 0 Å². The van der Waals surface area contributed by atoms with E-state index in [2.05, 4.69) is 20.7 Å². The average molecular weight is 414 g/mol. The molecule has 1 heterocycles. The summed E-state index contributed by atoms with van der Waals surface area (Å²) in [5.41, 5.74) is 5.18. The molecule has 0 unspecified atom stereocenters. The number of amides is 1. The van der Waals surface area contributed by atoms with Gasteiger partial charge in [-0.05, 0) is 31.5 Å². The van der Waals surface area contributed by atoms with Gasteiger partial charge in [0.15, 0.2) is 11.0 Å².